The molecule has 4 heterocycles. The molecule has 2 aliphatic rings. The Labute approximate surface area is 236 Å². The Morgan fingerprint density at radius 2 is 1.75 bits per heavy atom. The number of carbonyl (C=O) groups excluding carboxylic acids is 1. The normalized spacial score (nSPS) is 17.1. The molecule has 0 aliphatic carbocycles. The summed E-state index contributed by atoms with van der Waals surface area (Å²) in [7, 11) is 0. The predicted molar refractivity (Wildman–Crippen MR) is 160 cm³/mol. The van der Waals surface area contributed by atoms with Gasteiger partial charge in [-0.1, -0.05) is 0 Å². The molecular weight excluding hydrogens is 504 g/mol. The Morgan fingerprint density at radius 1 is 1.00 bits per heavy atom. The van der Waals surface area contributed by atoms with E-state index < -0.39 is 0 Å². The van der Waals surface area contributed by atoms with E-state index >= 15 is 0 Å². The third-order valence-corrected chi connectivity index (χ3v) is 7.43. The SMILES string of the molecule is CC(C)(C)NC(=O)Nc1cnc2cnc(Nc3ccc(N4CCC(CCCN5CCNCC5)CC4)cc3)nc2n1. The minimum atomic E-state index is -0.357. The number of benzene rings is 1. The minimum Gasteiger partial charge on any atom is -0.372 e. The van der Waals surface area contributed by atoms with Crippen molar-refractivity contribution in [1.82, 2.24) is 35.5 Å². The van der Waals surface area contributed by atoms with Crippen LogP contribution in [0.3, 0.4) is 0 Å². The number of anilines is 4. The van der Waals surface area contributed by atoms with E-state index in [4.69, 9.17) is 0 Å². The Hall–Kier alpha value is -3.57. The van der Waals surface area contributed by atoms with Crippen LogP contribution in [0.1, 0.15) is 46.5 Å². The fraction of sp³-hybridized carbons (Fsp3) is 0.552. The van der Waals surface area contributed by atoms with E-state index in [0.29, 0.717) is 22.9 Å². The first-order valence-electron chi connectivity index (χ1n) is 14.4. The van der Waals surface area contributed by atoms with E-state index in [-0.39, 0.29) is 11.6 Å². The Kier molecular flexibility index (Phi) is 8.91. The van der Waals surface area contributed by atoms with Gasteiger partial charge in [0.15, 0.2) is 11.5 Å². The first-order chi connectivity index (χ1) is 19.3. The standard InChI is InChI=1S/C29H42N10O/c1-29(2,3)37-28(40)35-25-20-31-24-19-32-27(36-26(24)34-25)33-22-6-8-23(9-7-22)39-15-10-21(11-16-39)5-4-14-38-17-12-30-13-18-38/h6-9,19-21,30H,4-5,10-18H2,1-3H3,(H3,32,33,34,35,36,37,40). The molecule has 2 fully saturated rings. The van der Waals surface area contributed by atoms with Gasteiger partial charge in [-0.05, 0) is 83.2 Å². The zero-order valence-electron chi connectivity index (χ0n) is 23.9. The number of hydrogen-bond donors (Lipinski definition) is 4. The third kappa shape index (κ3) is 7.98. The van der Waals surface area contributed by atoms with Crippen molar-refractivity contribution in [3.05, 3.63) is 36.7 Å². The molecule has 0 radical (unpaired) electrons. The highest BCUT2D eigenvalue weighted by Gasteiger charge is 2.20. The highest BCUT2D eigenvalue weighted by atomic mass is 16.2. The summed E-state index contributed by atoms with van der Waals surface area (Å²) in [4.78, 5) is 34.9. The Balaban J connectivity index is 1.11. The average Bonchev–Trinajstić information content (AvgIpc) is 2.93. The molecule has 11 nitrogen and oxygen atoms in total. The number of piperazine rings is 1. The zero-order chi connectivity index (χ0) is 28.0. The molecule has 2 aliphatic heterocycles. The van der Waals surface area contributed by atoms with Crippen LogP contribution in [0, 0.1) is 5.92 Å². The number of carbonyl (C=O) groups is 1. The lowest BCUT2D eigenvalue weighted by Crippen LogP contribution is -2.43. The Morgan fingerprint density at radius 3 is 2.48 bits per heavy atom. The first-order valence-corrected chi connectivity index (χ1v) is 14.4. The average molecular weight is 547 g/mol. The number of nitrogens with zero attached hydrogens (tertiary/aromatic N) is 6. The highest BCUT2D eigenvalue weighted by Crippen LogP contribution is 2.27. The molecule has 3 aromatic rings. The van der Waals surface area contributed by atoms with Gasteiger partial charge in [0.25, 0.3) is 0 Å². The van der Waals surface area contributed by atoms with E-state index in [1.54, 1.807) is 6.20 Å². The highest BCUT2D eigenvalue weighted by molar-refractivity contribution is 5.89. The van der Waals surface area contributed by atoms with Crippen LogP contribution in [0.2, 0.25) is 0 Å². The Bertz CT molecular complexity index is 1260. The van der Waals surface area contributed by atoms with Gasteiger partial charge in [-0.25, -0.2) is 19.7 Å². The summed E-state index contributed by atoms with van der Waals surface area (Å²) >= 11 is 0. The molecule has 0 bridgehead atoms. The molecule has 2 aromatic heterocycles. The van der Waals surface area contributed by atoms with Crippen molar-refractivity contribution in [3.63, 3.8) is 0 Å². The summed E-state index contributed by atoms with van der Waals surface area (Å²) in [6.45, 7) is 13.9. The van der Waals surface area contributed by atoms with Crippen molar-refractivity contribution >= 4 is 40.3 Å². The number of fused-ring (bicyclic) bond motifs is 1. The monoisotopic (exact) mass is 546 g/mol. The molecule has 40 heavy (non-hydrogen) atoms. The fourth-order valence-corrected chi connectivity index (χ4v) is 5.32. The maximum absolute atomic E-state index is 12.2. The lowest BCUT2D eigenvalue weighted by Gasteiger charge is -2.34. The number of nitrogens with one attached hydrogen (secondary N) is 4. The molecule has 2 amide bonds. The zero-order valence-corrected chi connectivity index (χ0v) is 23.9. The summed E-state index contributed by atoms with van der Waals surface area (Å²) in [5.74, 6) is 1.59. The van der Waals surface area contributed by atoms with E-state index in [2.05, 4.69) is 75.3 Å². The second kappa shape index (κ2) is 12.7. The second-order valence-electron chi connectivity index (χ2n) is 11.8. The van der Waals surface area contributed by atoms with Gasteiger partial charge in [-0.3, -0.25) is 5.32 Å². The molecular formula is C29H42N10O. The minimum absolute atomic E-state index is 0.326. The van der Waals surface area contributed by atoms with Gasteiger partial charge in [0, 0.05) is 56.2 Å². The third-order valence-electron chi connectivity index (χ3n) is 7.43. The summed E-state index contributed by atoms with van der Waals surface area (Å²) in [6.07, 6.45) is 8.32. The lowest BCUT2D eigenvalue weighted by molar-refractivity contribution is 0.227. The maximum Gasteiger partial charge on any atom is 0.320 e. The number of aromatic nitrogens is 4. The fourth-order valence-electron chi connectivity index (χ4n) is 5.32. The summed E-state index contributed by atoms with van der Waals surface area (Å²) in [5.41, 5.74) is 2.75. The maximum atomic E-state index is 12.2. The molecule has 214 valence electrons. The molecule has 11 heteroatoms. The van der Waals surface area contributed by atoms with Crippen LogP contribution in [0.15, 0.2) is 36.7 Å². The van der Waals surface area contributed by atoms with Gasteiger partial charge in [0.2, 0.25) is 5.95 Å². The number of rotatable bonds is 8. The van der Waals surface area contributed by atoms with Gasteiger partial charge in [0.1, 0.15) is 5.52 Å². The topological polar surface area (TPSA) is 123 Å². The van der Waals surface area contributed by atoms with Crippen LogP contribution >= 0.6 is 0 Å². The number of urea groups is 1. The largest absolute Gasteiger partial charge is 0.372 e. The van der Waals surface area contributed by atoms with E-state index in [1.165, 1.54) is 57.2 Å². The molecule has 2 saturated heterocycles. The molecule has 0 unspecified atom stereocenters. The molecule has 0 saturated carbocycles. The van der Waals surface area contributed by atoms with Crippen molar-refractivity contribution in [1.29, 1.82) is 0 Å². The van der Waals surface area contributed by atoms with Crippen molar-refractivity contribution in [2.75, 3.05) is 61.3 Å². The van der Waals surface area contributed by atoms with Crippen LogP contribution < -0.4 is 26.2 Å². The second-order valence-corrected chi connectivity index (χ2v) is 11.8. The van der Waals surface area contributed by atoms with Crippen LogP contribution in [-0.4, -0.2) is 82.2 Å². The van der Waals surface area contributed by atoms with Crippen molar-refractivity contribution in [2.24, 2.45) is 5.92 Å². The van der Waals surface area contributed by atoms with E-state index in [1.807, 2.05) is 20.8 Å². The quantitative estimate of drug-likeness (QED) is 0.332. The summed E-state index contributed by atoms with van der Waals surface area (Å²) in [5, 5.41) is 12.2. The molecule has 0 spiro atoms. The van der Waals surface area contributed by atoms with Crippen LogP contribution in [0.25, 0.3) is 11.2 Å². The summed E-state index contributed by atoms with van der Waals surface area (Å²) in [6, 6.07) is 8.09. The number of hydrogen-bond acceptors (Lipinski definition) is 9. The summed E-state index contributed by atoms with van der Waals surface area (Å²) < 4.78 is 0. The van der Waals surface area contributed by atoms with Gasteiger partial charge in [-0.15, -0.1) is 0 Å². The predicted octanol–water partition coefficient (Wildman–Crippen LogP) is 3.99. The van der Waals surface area contributed by atoms with Gasteiger partial charge < -0.3 is 25.8 Å². The molecule has 1 aromatic carbocycles. The lowest BCUT2D eigenvalue weighted by atomic mass is 9.92. The van der Waals surface area contributed by atoms with Crippen molar-refractivity contribution in [3.8, 4) is 0 Å². The van der Waals surface area contributed by atoms with Gasteiger partial charge >= 0.3 is 6.03 Å². The van der Waals surface area contributed by atoms with E-state index in [9.17, 15) is 4.79 Å². The number of amides is 2. The van der Waals surface area contributed by atoms with Crippen LogP contribution in [0.4, 0.5) is 27.9 Å². The van der Waals surface area contributed by atoms with Crippen molar-refractivity contribution in [2.45, 2.75) is 52.0 Å². The molecule has 0 atom stereocenters. The molecule has 4 N–H and O–H groups in total. The number of piperidine rings is 1. The first kappa shape index (κ1) is 28.0. The van der Waals surface area contributed by atoms with E-state index in [0.717, 1.165) is 37.8 Å². The van der Waals surface area contributed by atoms with Gasteiger partial charge in [-0.2, -0.15) is 4.98 Å². The molecule has 5 rings (SSSR count). The van der Waals surface area contributed by atoms with Gasteiger partial charge in [0.05, 0.1) is 12.4 Å². The smallest absolute Gasteiger partial charge is 0.320 e. The van der Waals surface area contributed by atoms with Crippen molar-refractivity contribution < 1.29 is 4.79 Å². The van der Waals surface area contributed by atoms with Crippen LogP contribution in [-0.2, 0) is 0 Å². The van der Waals surface area contributed by atoms with Crippen LogP contribution in [0.5, 0.6) is 0 Å².